The molecular weight excluding hydrogens is 640 g/mol. The second-order valence-corrected chi connectivity index (χ2v) is 13.0. The van der Waals surface area contributed by atoms with Crippen molar-refractivity contribution in [1.29, 1.82) is 0 Å². The van der Waals surface area contributed by atoms with Crippen LogP contribution in [0.5, 0.6) is 0 Å². The SMILES string of the molecule is NC1=N[C@@H](CCc2ccc(N3Cc4ccc(Cl)cc4C3=O)cc2)CO1.NC1=N[C@@H](CCc2ccc(N3Cc4ccccc4C3=O)cc2)CO1. The van der Waals surface area contributed by atoms with E-state index in [1.54, 1.807) is 11.0 Å². The quantitative estimate of drug-likeness (QED) is 0.248. The van der Waals surface area contributed by atoms with Crippen LogP contribution in [0.2, 0.25) is 5.02 Å². The Labute approximate surface area is 290 Å². The molecule has 4 aromatic rings. The number of anilines is 2. The molecule has 4 N–H and O–H groups in total. The van der Waals surface area contributed by atoms with Crippen LogP contribution in [0, 0.1) is 0 Å². The van der Waals surface area contributed by atoms with E-state index in [0.29, 0.717) is 42.9 Å². The molecule has 49 heavy (non-hydrogen) atoms. The van der Waals surface area contributed by atoms with Gasteiger partial charge in [-0.2, -0.15) is 0 Å². The Morgan fingerprint density at radius 3 is 1.63 bits per heavy atom. The van der Waals surface area contributed by atoms with Gasteiger partial charge in [-0.25, -0.2) is 9.98 Å². The monoisotopic (exact) mass is 676 g/mol. The molecule has 4 aliphatic heterocycles. The highest BCUT2D eigenvalue weighted by Gasteiger charge is 2.29. The van der Waals surface area contributed by atoms with Gasteiger partial charge >= 0.3 is 0 Å². The van der Waals surface area contributed by atoms with Gasteiger partial charge in [-0.05, 0) is 90.4 Å². The van der Waals surface area contributed by atoms with Crippen LogP contribution < -0.4 is 21.3 Å². The predicted octanol–water partition coefficient (Wildman–Crippen LogP) is 5.64. The normalized spacial score (nSPS) is 19.0. The summed E-state index contributed by atoms with van der Waals surface area (Å²) < 4.78 is 10.3. The highest BCUT2D eigenvalue weighted by molar-refractivity contribution is 6.31. The van der Waals surface area contributed by atoms with Gasteiger partial charge in [-0.1, -0.05) is 60.1 Å². The lowest BCUT2D eigenvalue weighted by atomic mass is 10.1. The fourth-order valence-electron chi connectivity index (χ4n) is 6.46. The highest BCUT2D eigenvalue weighted by atomic mass is 35.5. The molecule has 2 atom stereocenters. The number of nitrogens with zero attached hydrogens (tertiary/aromatic N) is 4. The van der Waals surface area contributed by atoms with E-state index in [0.717, 1.165) is 53.7 Å². The minimum atomic E-state index is -0.00170. The summed E-state index contributed by atoms with van der Waals surface area (Å²) in [6, 6.07) is 30.4. The molecule has 8 rings (SSSR count). The van der Waals surface area contributed by atoms with Crippen molar-refractivity contribution in [3.8, 4) is 0 Å². The first-order chi connectivity index (χ1) is 23.8. The number of rotatable bonds is 8. The number of carbonyl (C=O) groups excluding carboxylic acids is 2. The molecule has 11 heteroatoms. The Kier molecular flexibility index (Phi) is 9.21. The summed E-state index contributed by atoms with van der Waals surface area (Å²) in [4.78, 5) is 37.2. The molecule has 0 aromatic heterocycles. The predicted molar refractivity (Wildman–Crippen MR) is 191 cm³/mol. The van der Waals surface area contributed by atoms with Crippen molar-refractivity contribution in [1.82, 2.24) is 0 Å². The maximum atomic E-state index is 12.6. The van der Waals surface area contributed by atoms with Gasteiger partial charge in [0, 0.05) is 27.5 Å². The second kappa shape index (κ2) is 14.0. The van der Waals surface area contributed by atoms with E-state index in [-0.39, 0.29) is 29.9 Å². The first-order valence-corrected chi connectivity index (χ1v) is 16.8. The van der Waals surface area contributed by atoms with E-state index < -0.39 is 0 Å². The number of benzene rings is 4. The third kappa shape index (κ3) is 7.24. The molecule has 10 nitrogen and oxygen atoms in total. The van der Waals surface area contributed by atoms with Crippen molar-refractivity contribution in [3.05, 3.63) is 129 Å². The van der Waals surface area contributed by atoms with E-state index >= 15 is 0 Å². The fourth-order valence-corrected chi connectivity index (χ4v) is 6.64. The van der Waals surface area contributed by atoms with Crippen LogP contribution in [0.1, 0.15) is 55.8 Å². The third-order valence-electron chi connectivity index (χ3n) is 9.19. The number of ether oxygens (including phenoxy) is 2. The van der Waals surface area contributed by atoms with Crippen molar-refractivity contribution < 1.29 is 19.1 Å². The molecule has 0 saturated heterocycles. The summed E-state index contributed by atoms with van der Waals surface area (Å²) in [5.74, 6) is 0.0735. The lowest BCUT2D eigenvalue weighted by molar-refractivity contribution is 0.0989. The Morgan fingerprint density at radius 2 is 1.14 bits per heavy atom. The van der Waals surface area contributed by atoms with E-state index in [4.69, 9.17) is 32.5 Å². The Balaban J connectivity index is 0.000000154. The first kappa shape index (κ1) is 32.2. The van der Waals surface area contributed by atoms with E-state index in [9.17, 15) is 9.59 Å². The van der Waals surface area contributed by atoms with Crippen molar-refractivity contribution in [2.75, 3.05) is 23.0 Å². The Bertz CT molecular complexity index is 1930. The van der Waals surface area contributed by atoms with Gasteiger partial charge in [0.05, 0.1) is 25.2 Å². The van der Waals surface area contributed by atoms with Gasteiger partial charge in [-0.15, -0.1) is 0 Å². The lowest BCUT2D eigenvalue weighted by Crippen LogP contribution is -2.22. The molecule has 0 spiro atoms. The van der Waals surface area contributed by atoms with Crippen LogP contribution >= 0.6 is 11.6 Å². The molecule has 4 aliphatic rings. The van der Waals surface area contributed by atoms with Crippen LogP contribution in [-0.2, 0) is 35.4 Å². The number of hydrogen-bond donors (Lipinski definition) is 2. The van der Waals surface area contributed by atoms with Crippen molar-refractivity contribution >= 4 is 46.8 Å². The van der Waals surface area contributed by atoms with Gasteiger partial charge in [0.15, 0.2) is 0 Å². The molecule has 0 unspecified atom stereocenters. The summed E-state index contributed by atoms with van der Waals surface area (Å²) in [6.07, 6.45) is 3.62. The summed E-state index contributed by atoms with van der Waals surface area (Å²) in [5.41, 5.74) is 18.9. The number of carbonyl (C=O) groups is 2. The average Bonchev–Trinajstić information content (AvgIpc) is 3.90. The zero-order valence-electron chi connectivity index (χ0n) is 26.9. The minimum Gasteiger partial charge on any atom is -0.463 e. The van der Waals surface area contributed by atoms with E-state index in [1.807, 2.05) is 65.6 Å². The van der Waals surface area contributed by atoms with Gasteiger partial charge < -0.3 is 30.7 Å². The molecule has 250 valence electrons. The molecule has 2 amide bonds. The molecule has 0 bridgehead atoms. The topological polar surface area (TPSA) is 136 Å². The molecule has 4 heterocycles. The largest absolute Gasteiger partial charge is 0.463 e. The third-order valence-corrected chi connectivity index (χ3v) is 9.43. The maximum Gasteiger partial charge on any atom is 0.282 e. The number of amides is 2. The van der Waals surface area contributed by atoms with Crippen LogP contribution in [0.25, 0.3) is 0 Å². The number of fused-ring (bicyclic) bond motifs is 2. The molecule has 0 radical (unpaired) electrons. The number of amidine groups is 2. The zero-order chi connectivity index (χ0) is 33.9. The van der Waals surface area contributed by atoms with Gasteiger partial charge in [0.25, 0.3) is 23.9 Å². The molecule has 0 saturated carbocycles. The first-order valence-electron chi connectivity index (χ1n) is 16.4. The van der Waals surface area contributed by atoms with Crippen LogP contribution in [0.15, 0.2) is 101 Å². The summed E-state index contributed by atoms with van der Waals surface area (Å²) in [6.45, 7) is 2.36. The van der Waals surface area contributed by atoms with Crippen LogP contribution in [-0.4, -0.2) is 49.2 Å². The van der Waals surface area contributed by atoms with Crippen molar-refractivity contribution in [3.63, 3.8) is 0 Å². The molecule has 0 aliphatic carbocycles. The molecule has 0 fully saturated rings. The van der Waals surface area contributed by atoms with Crippen molar-refractivity contribution in [2.24, 2.45) is 21.5 Å². The van der Waals surface area contributed by atoms with Crippen LogP contribution in [0.3, 0.4) is 0 Å². The number of hydrogen-bond acceptors (Lipinski definition) is 8. The highest BCUT2D eigenvalue weighted by Crippen LogP contribution is 2.31. The summed E-state index contributed by atoms with van der Waals surface area (Å²) >= 11 is 6.00. The Hall–Kier alpha value is -5.35. The zero-order valence-corrected chi connectivity index (χ0v) is 27.7. The van der Waals surface area contributed by atoms with Crippen LogP contribution in [0.4, 0.5) is 11.4 Å². The Morgan fingerprint density at radius 1 is 0.653 bits per heavy atom. The summed E-state index contributed by atoms with van der Waals surface area (Å²) in [7, 11) is 0. The molecular formula is C38H37ClN6O4. The van der Waals surface area contributed by atoms with Gasteiger partial charge in [-0.3, -0.25) is 9.59 Å². The second-order valence-electron chi connectivity index (χ2n) is 12.5. The molecule has 4 aromatic carbocycles. The van der Waals surface area contributed by atoms with Gasteiger partial charge in [0.2, 0.25) is 0 Å². The standard InChI is InChI=1S/C19H18ClN3O2.C19H19N3O2/c20-14-5-4-13-10-23(18(24)17(13)9-14)16-7-2-12(3-8-16)1-6-15-11-25-19(21)22-15;20-19-21-15(12-24-19)8-5-13-6-9-16(10-7-13)22-11-14-3-1-2-4-17(14)18(22)23/h2-5,7-9,15H,1,6,10-11H2,(H2,21,22);1-4,6-7,9-10,15H,5,8,11-12H2,(H2,20,21)/t2*15-/m00/s1. The number of aliphatic imine (C=N–C) groups is 2. The lowest BCUT2D eigenvalue weighted by Gasteiger charge is -2.16. The van der Waals surface area contributed by atoms with E-state index in [2.05, 4.69) is 34.3 Å². The number of halogens is 1. The number of nitrogens with two attached hydrogens (primary N) is 2. The maximum absolute atomic E-state index is 12.6. The average molecular weight is 677 g/mol. The van der Waals surface area contributed by atoms with E-state index in [1.165, 1.54) is 11.1 Å². The minimum absolute atomic E-state index is 0.00170. The smallest absolute Gasteiger partial charge is 0.282 e. The van der Waals surface area contributed by atoms with Crippen molar-refractivity contribution in [2.45, 2.75) is 50.9 Å². The van der Waals surface area contributed by atoms with Gasteiger partial charge in [0.1, 0.15) is 13.2 Å². The summed E-state index contributed by atoms with van der Waals surface area (Å²) in [5, 5.41) is 0.587. The fraction of sp³-hybridized carbons (Fsp3) is 0.263. The number of aryl methyl sites for hydroxylation is 2.